The highest BCUT2D eigenvalue weighted by molar-refractivity contribution is 5.89. The molecule has 0 saturated carbocycles. The number of fused-ring (bicyclic) bond motifs is 1. The van der Waals surface area contributed by atoms with Gasteiger partial charge in [-0.15, -0.1) is 0 Å². The lowest BCUT2D eigenvalue weighted by atomic mass is 9.98. The minimum absolute atomic E-state index is 0.0232. The monoisotopic (exact) mass is 405 g/mol. The van der Waals surface area contributed by atoms with Gasteiger partial charge in [-0.1, -0.05) is 20.3 Å². The normalized spacial score (nSPS) is 13.0. The number of hydrogen-bond donors (Lipinski definition) is 2. The van der Waals surface area contributed by atoms with Gasteiger partial charge in [0.05, 0.1) is 14.2 Å². The molecule has 0 radical (unpaired) electrons. The van der Waals surface area contributed by atoms with Crippen molar-refractivity contribution in [1.82, 2.24) is 5.32 Å². The molecule has 2 aromatic rings. The predicted molar refractivity (Wildman–Crippen MR) is 108 cm³/mol. The lowest BCUT2D eigenvalue weighted by molar-refractivity contribution is -0.143. The van der Waals surface area contributed by atoms with Crippen LogP contribution in [0.1, 0.15) is 37.8 Å². The van der Waals surface area contributed by atoms with Crippen molar-refractivity contribution in [3.05, 3.63) is 33.7 Å². The number of aliphatic carboxylic acids is 1. The Kier molecular flexibility index (Phi) is 7.25. The molecule has 0 fully saturated rings. The first kappa shape index (κ1) is 22.3. The Balaban J connectivity index is 2.28. The number of rotatable bonds is 9. The fourth-order valence-corrected chi connectivity index (χ4v) is 3.22. The van der Waals surface area contributed by atoms with Gasteiger partial charge >= 0.3 is 11.6 Å². The van der Waals surface area contributed by atoms with Gasteiger partial charge in [-0.2, -0.15) is 0 Å². The first-order valence-corrected chi connectivity index (χ1v) is 9.44. The van der Waals surface area contributed by atoms with Crippen LogP contribution in [0.25, 0.3) is 11.0 Å². The van der Waals surface area contributed by atoms with E-state index in [4.69, 9.17) is 13.9 Å². The van der Waals surface area contributed by atoms with Crippen molar-refractivity contribution in [3.63, 3.8) is 0 Å². The second-order valence-electron chi connectivity index (χ2n) is 6.94. The van der Waals surface area contributed by atoms with Crippen molar-refractivity contribution in [1.29, 1.82) is 0 Å². The van der Waals surface area contributed by atoms with Crippen LogP contribution in [0.15, 0.2) is 21.3 Å². The Labute approximate surface area is 168 Å². The summed E-state index contributed by atoms with van der Waals surface area (Å²) in [6.07, 6.45) is 0.734. The number of carbonyl (C=O) groups excluding carboxylic acids is 1. The second kappa shape index (κ2) is 9.45. The first-order valence-electron chi connectivity index (χ1n) is 9.44. The smallest absolute Gasteiger partial charge is 0.339 e. The molecule has 0 spiro atoms. The van der Waals surface area contributed by atoms with E-state index in [0.29, 0.717) is 34.4 Å². The standard InChI is InChI=1S/C21H27NO7/c1-6-11(2)17(20(24)25)22-16(23)10-8-14-12(3)13-7-9-15(27-4)19(28-5)18(13)29-21(14)26/h7,9,11,17H,6,8,10H2,1-5H3,(H,22,23)(H,24,25)/t11-,17+/m1/s1. The first-order chi connectivity index (χ1) is 13.7. The van der Waals surface area contributed by atoms with Gasteiger partial charge < -0.3 is 24.3 Å². The number of carboxylic acid groups (broad SMARTS) is 1. The number of amides is 1. The molecule has 0 aliphatic heterocycles. The highest BCUT2D eigenvalue weighted by Crippen LogP contribution is 2.36. The summed E-state index contributed by atoms with van der Waals surface area (Å²) < 4.78 is 16.0. The summed E-state index contributed by atoms with van der Waals surface area (Å²) in [5, 5.41) is 12.5. The third-order valence-electron chi connectivity index (χ3n) is 5.20. The zero-order chi connectivity index (χ0) is 21.7. The SMILES string of the molecule is CC[C@@H](C)[C@H](NC(=O)CCc1c(C)c2ccc(OC)c(OC)c2oc1=O)C(=O)O. The summed E-state index contributed by atoms with van der Waals surface area (Å²) in [6.45, 7) is 5.40. The Bertz CT molecular complexity index is 964. The number of methoxy groups -OCH3 is 2. The van der Waals surface area contributed by atoms with Crippen LogP contribution in [0, 0.1) is 12.8 Å². The van der Waals surface area contributed by atoms with Gasteiger partial charge in [-0.05, 0) is 37.0 Å². The number of benzene rings is 1. The molecule has 1 heterocycles. The van der Waals surface area contributed by atoms with Gasteiger partial charge in [-0.25, -0.2) is 9.59 Å². The lowest BCUT2D eigenvalue weighted by Crippen LogP contribution is -2.45. The minimum atomic E-state index is -1.07. The summed E-state index contributed by atoms with van der Waals surface area (Å²) in [5.74, 6) is -0.933. The lowest BCUT2D eigenvalue weighted by Gasteiger charge is -2.20. The molecule has 2 atom stereocenters. The molecule has 0 saturated heterocycles. The van der Waals surface area contributed by atoms with Crippen LogP contribution in [0.2, 0.25) is 0 Å². The van der Waals surface area contributed by atoms with Gasteiger partial charge in [0.2, 0.25) is 11.7 Å². The highest BCUT2D eigenvalue weighted by atomic mass is 16.5. The molecular weight excluding hydrogens is 378 g/mol. The minimum Gasteiger partial charge on any atom is -0.493 e. The summed E-state index contributed by atoms with van der Waals surface area (Å²) in [4.78, 5) is 36.2. The van der Waals surface area contributed by atoms with E-state index < -0.39 is 23.5 Å². The maximum atomic E-state index is 12.5. The Hall–Kier alpha value is -3.03. The molecule has 2 N–H and O–H groups in total. The van der Waals surface area contributed by atoms with Gasteiger partial charge in [0, 0.05) is 17.4 Å². The maximum Gasteiger partial charge on any atom is 0.339 e. The molecule has 1 aromatic heterocycles. The van der Waals surface area contributed by atoms with Crippen LogP contribution in [0.3, 0.4) is 0 Å². The van der Waals surface area contributed by atoms with E-state index in [9.17, 15) is 19.5 Å². The van der Waals surface area contributed by atoms with Crippen LogP contribution in [-0.4, -0.2) is 37.2 Å². The van der Waals surface area contributed by atoms with Crippen molar-refractivity contribution < 1.29 is 28.6 Å². The van der Waals surface area contributed by atoms with Crippen molar-refractivity contribution >= 4 is 22.8 Å². The molecule has 0 bridgehead atoms. The van der Waals surface area contributed by atoms with Crippen molar-refractivity contribution in [2.45, 2.75) is 46.1 Å². The fraction of sp³-hybridized carbons (Fsp3) is 0.476. The van der Waals surface area contributed by atoms with E-state index in [1.54, 1.807) is 26.0 Å². The number of carbonyl (C=O) groups is 2. The molecule has 0 aliphatic rings. The number of nitrogens with one attached hydrogen (secondary N) is 1. The average molecular weight is 405 g/mol. The molecule has 8 heteroatoms. The Morgan fingerprint density at radius 2 is 1.93 bits per heavy atom. The molecular formula is C21H27NO7. The van der Waals surface area contributed by atoms with Crippen LogP contribution >= 0.6 is 0 Å². The van der Waals surface area contributed by atoms with Crippen molar-refractivity contribution in [3.8, 4) is 11.5 Å². The molecule has 0 aliphatic carbocycles. The van der Waals surface area contributed by atoms with Gasteiger partial charge in [0.15, 0.2) is 11.3 Å². The fourth-order valence-electron chi connectivity index (χ4n) is 3.22. The van der Waals surface area contributed by atoms with Crippen LogP contribution in [-0.2, 0) is 16.0 Å². The molecule has 8 nitrogen and oxygen atoms in total. The Morgan fingerprint density at radius 1 is 1.24 bits per heavy atom. The summed E-state index contributed by atoms with van der Waals surface area (Å²) >= 11 is 0. The Morgan fingerprint density at radius 3 is 2.48 bits per heavy atom. The van der Waals surface area contributed by atoms with Crippen LogP contribution in [0.4, 0.5) is 0 Å². The zero-order valence-corrected chi connectivity index (χ0v) is 17.3. The van der Waals surface area contributed by atoms with E-state index in [1.807, 2.05) is 6.92 Å². The van der Waals surface area contributed by atoms with E-state index in [0.717, 1.165) is 0 Å². The van der Waals surface area contributed by atoms with E-state index in [-0.39, 0.29) is 24.3 Å². The molecule has 29 heavy (non-hydrogen) atoms. The number of carboxylic acids is 1. The number of aryl methyl sites for hydroxylation is 1. The topological polar surface area (TPSA) is 115 Å². The van der Waals surface area contributed by atoms with Crippen LogP contribution < -0.4 is 20.4 Å². The van der Waals surface area contributed by atoms with Gasteiger partial charge in [0.25, 0.3) is 0 Å². The predicted octanol–water partition coefficient (Wildman–Crippen LogP) is 2.67. The summed E-state index contributed by atoms with van der Waals surface area (Å²) in [6, 6.07) is 2.52. The van der Waals surface area contributed by atoms with Crippen molar-refractivity contribution in [2.24, 2.45) is 5.92 Å². The molecule has 158 valence electrons. The second-order valence-corrected chi connectivity index (χ2v) is 6.94. The quantitative estimate of drug-likeness (QED) is 0.616. The average Bonchev–Trinajstić information content (AvgIpc) is 2.69. The maximum absolute atomic E-state index is 12.5. The third kappa shape index (κ3) is 4.70. The third-order valence-corrected chi connectivity index (χ3v) is 5.20. The highest BCUT2D eigenvalue weighted by Gasteiger charge is 2.25. The van der Waals surface area contributed by atoms with E-state index >= 15 is 0 Å². The molecule has 1 aromatic carbocycles. The van der Waals surface area contributed by atoms with E-state index in [2.05, 4.69) is 5.32 Å². The largest absolute Gasteiger partial charge is 0.493 e. The van der Waals surface area contributed by atoms with Crippen molar-refractivity contribution in [2.75, 3.05) is 14.2 Å². The van der Waals surface area contributed by atoms with Gasteiger partial charge in [0.1, 0.15) is 6.04 Å². The molecule has 2 rings (SSSR count). The molecule has 1 amide bonds. The summed E-state index contributed by atoms with van der Waals surface area (Å²) in [5.41, 5.74) is 0.772. The summed E-state index contributed by atoms with van der Waals surface area (Å²) in [7, 11) is 2.95. The molecule has 0 unspecified atom stereocenters. The van der Waals surface area contributed by atoms with Gasteiger partial charge in [-0.3, -0.25) is 4.79 Å². The number of hydrogen-bond acceptors (Lipinski definition) is 6. The van der Waals surface area contributed by atoms with E-state index in [1.165, 1.54) is 14.2 Å². The van der Waals surface area contributed by atoms with Crippen LogP contribution in [0.5, 0.6) is 11.5 Å². The zero-order valence-electron chi connectivity index (χ0n) is 17.3. The number of ether oxygens (including phenoxy) is 2.